The summed E-state index contributed by atoms with van der Waals surface area (Å²) in [6.07, 6.45) is 2.13. The molecule has 32 heavy (non-hydrogen) atoms. The predicted octanol–water partition coefficient (Wildman–Crippen LogP) is 6.12. The van der Waals surface area contributed by atoms with Gasteiger partial charge < -0.3 is 17.7 Å². The first-order valence-corrected chi connectivity index (χ1v) is 18.9. The third-order valence-electron chi connectivity index (χ3n) is 5.19. The summed E-state index contributed by atoms with van der Waals surface area (Å²) in [5.74, 6) is 2.14. The zero-order chi connectivity index (χ0) is 23.0. The van der Waals surface area contributed by atoms with Crippen LogP contribution in [0.15, 0.2) is 60.7 Å². The van der Waals surface area contributed by atoms with Crippen LogP contribution in [0.4, 0.5) is 0 Å². The van der Waals surface area contributed by atoms with Crippen molar-refractivity contribution in [1.29, 1.82) is 0 Å². The lowest BCUT2D eigenvalue weighted by atomic mass is 10.1. The van der Waals surface area contributed by atoms with E-state index in [4.69, 9.17) is 17.7 Å². The van der Waals surface area contributed by atoms with Crippen molar-refractivity contribution in [3.05, 3.63) is 71.8 Å². The molecule has 0 aliphatic heterocycles. The van der Waals surface area contributed by atoms with E-state index in [2.05, 4.69) is 60.7 Å². The normalized spacial score (nSPS) is 13.6. The second-order valence-corrected chi connectivity index (χ2v) is 18.3. The van der Waals surface area contributed by atoms with E-state index in [1.807, 2.05) is 41.2 Å². The molecule has 10 heteroatoms. The molecule has 0 radical (unpaired) electrons. The van der Waals surface area contributed by atoms with Gasteiger partial charge in [-0.15, -0.1) is 0 Å². The number of hydrogen-bond acceptors (Lipinski definition) is 8. The van der Waals surface area contributed by atoms with E-state index in [9.17, 15) is 0 Å². The van der Waals surface area contributed by atoms with Gasteiger partial charge in [0, 0.05) is 51.0 Å². The van der Waals surface area contributed by atoms with Crippen LogP contribution in [-0.4, -0.2) is 58.5 Å². The Morgan fingerprint density at radius 1 is 0.594 bits per heavy atom. The summed E-state index contributed by atoms with van der Waals surface area (Å²) in [7, 11) is 11.2. The van der Waals surface area contributed by atoms with Crippen molar-refractivity contribution in [2.75, 3.05) is 39.9 Å². The maximum absolute atomic E-state index is 5.70. The fourth-order valence-corrected chi connectivity index (χ4v) is 13.9. The first kappa shape index (κ1) is 28.4. The van der Waals surface area contributed by atoms with Gasteiger partial charge in [-0.3, -0.25) is 0 Å². The topological polar surface area (TPSA) is 36.9 Å². The molecule has 0 aliphatic rings. The van der Waals surface area contributed by atoms with Crippen molar-refractivity contribution in [3.8, 4) is 0 Å². The molecule has 2 rings (SSSR count). The highest BCUT2D eigenvalue weighted by atomic mass is 33.7. The second-order valence-electron chi connectivity index (χ2n) is 7.07. The minimum Gasteiger partial charge on any atom is -0.400 e. The Hall–Kier alpha value is 0.114. The Labute approximate surface area is 212 Å². The van der Waals surface area contributed by atoms with Crippen molar-refractivity contribution >= 4 is 59.8 Å². The van der Waals surface area contributed by atoms with Gasteiger partial charge in [0.05, 0.1) is 0 Å². The summed E-state index contributed by atoms with van der Waals surface area (Å²) in [6, 6.07) is 21.2. The molecule has 0 bridgehead atoms. The van der Waals surface area contributed by atoms with Crippen molar-refractivity contribution in [2.45, 2.75) is 23.9 Å². The Kier molecular flexibility index (Phi) is 15.5. The summed E-state index contributed by atoms with van der Waals surface area (Å²) in [5, 5.41) is 0. The van der Waals surface area contributed by atoms with Crippen molar-refractivity contribution < 1.29 is 17.7 Å². The number of hydrogen-bond donors (Lipinski definition) is 0. The van der Waals surface area contributed by atoms with Gasteiger partial charge in [0.25, 0.3) is 0 Å². The van der Waals surface area contributed by atoms with Gasteiger partial charge in [-0.2, -0.15) is 0 Å². The standard InChI is InChI=1S/C22H34O4S4Si2/c1-23-31(24-2)21(19-11-7-5-8-12-19)15-17-27-29-30-28-18-16-22(32(25-3)26-4)20-13-9-6-10-14-20/h5-14,21-22,31-32H,15-18H2,1-4H3. The van der Waals surface area contributed by atoms with Gasteiger partial charge in [-0.25, -0.2) is 0 Å². The highest BCUT2D eigenvalue weighted by Crippen LogP contribution is 2.44. The minimum absolute atomic E-state index is 0.369. The Morgan fingerprint density at radius 2 is 0.938 bits per heavy atom. The summed E-state index contributed by atoms with van der Waals surface area (Å²) in [5.41, 5.74) is 3.38. The third-order valence-corrected chi connectivity index (χ3v) is 16.3. The van der Waals surface area contributed by atoms with Gasteiger partial charge in [-0.05, 0) is 43.6 Å². The van der Waals surface area contributed by atoms with Crippen LogP contribution in [0.25, 0.3) is 0 Å². The van der Waals surface area contributed by atoms with Gasteiger partial charge in [-0.1, -0.05) is 82.3 Å². The summed E-state index contributed by atoms with van der Waals surface area (Å²) in [4.78, 5) is 0. The lowest BCUT2D eigenvalue weighted by Gasteiger charge is -2.23. The van der Waals surface area contributed by atoms with Gasteiger partial charge in [0.15, 0.2) is 0 Å². The van der Waals surface area contributed by atoms with E-state index >= 15 is 0 Å². The molecule has 2 aromatic rings. The lowest BCUT2D eigenvalue weighted by molar-refractivity contribution is 0.265. The number of benzene rings is 2. The average Bonchev–Trinajstić information content (AvgIpc) is 2.85. The summed E-state index contributed by atoms with van der Waals surface area (Å²) < 4.78 is 22.8. The molecule has 0 fully saturated rings. The zero-order valence-corrected chi connectivity index (χ0v) is 24.8. The molecule has 178 valence electrons. The Balaban J connectivity index is 1.71. The van der Waals surface area contributed by atoms with Gasteiger partial charge >= 0.3 is 18.6 Å². The average molecular weight is 547 g/mol. The van der Waals surface area contributed by atoms with E-state index in [1.54, 1.807) is 28.4 Å². The largest absolute Gasteiger partial charge is 0.400 e. The van der Waals surface area contributed by atoms with Crippen molar-refractivity contribution in [2.24, 2.45) is 0 Å². The maximum atomic E-state index is 5.70. The van der Waals surface area contributed by atoms with Crippen LogP contribution >= 0.6 is 41.2 Å². The van der Waals surface area contributed by atoms with Gasteiger partial charge in [0.2, 0.25) is 0 Å². The molecule has 0 spiro atoms. The van der Waals surface area contributed by atoms with E-state index in [1.165, 1.54) is 11.1 Å². The molecule has 0 amide bonds. The summed E-state index contributed by atoms with van der Waals surface area (Å²) in [6.45, 7) is 0. The fourth-order valence-electron chi connectivity index (χ4n) is 3.63. The number of rotatable bonds is 17. The Bertz CT molecular complexity index is 648. The molecule has 0 aromatic heterocycles. The van der Waals surface area contributed by atoms with Crippen LogP contribution in [0.1, 0.15) is 35.1 Å². The highest BCUT2D eigenvalue weighted by molar-refractivity contribution is 9.26. The van der Waals surface area contributed by atoms with Crippen LogP contribution in [0.3, 0.4) is 0 Å². The van der Waals surface area contributed by atoms with Crippen LogP contribution in [0.5, 0.6) is 0 Å². The van der Waals surface area contributed by atoms with Crippen molar-refractivity contribution in [3.63, 3.8) is 0 Å². The molecule has 0 N–H and O–H groups in total. The van der Waals surface area contributed by atoms with Crippen molar-refractivity contribution in [1.82, 2.24) is 0 Å². The smallest absolute Gasteiger partial charge is 0.328 e. The molecule has 0 aliphatic carbocycles. The molecule has 2 atom stereocenters. The van der Waals surface area contributed by atoms with Crippen LogP contribution in [0.2, 0.25) is 0 Å². The minimum atomic E-state index is -1.72. The monoisotopic (exact) mass is 546 g/mol. The van der Waals surface area contributed by atoms with Crippen LogP contribution < -0.4 is 0 Å². The van der Waals surface area contributed by atoms with E-state index in [0.717, 1.165) is 24.3 Å². The first-order chi connectivity index (χ1) is 15.7. The lowest BCUT2D eigenvalue weighted by Crippen LogP contribution is -2.29. The highest BCUT2D eigenvalue weighted by Gasteiger charge is 2.27. The van der Waals surface area contributed by atoms with Gasteiger partial charge in [0.1, 0.15) is 0 Å². The molecule has 2 unspecified atom stereocenters. The second kappa shape index (κ2) is 17.5. The fraction of sp³-hybridized carbons (Fsp3) is 0.455. The maximum Gasteiger partial charge on any atom is 0.328 e. The molecule has 4 nitrogen and oxygen atoms in total. The SMILES string of the molecule is CO[SiH](OC)C(CCSSSSCCC(c1ccccc1)[SiH](OC)OC)c1ccccc1. The zero-order valence-electron chi connectivity index (χ0n) is 19.2. The predicted molar refractivity (Wildman–Crippen MR) is 150 cm³/mol. The quantitative estimate of drug-likeness (QED) is 0.133. The molecule has 2 aromatic carbocycles. The van der Waals surface area contributed by atoms with E-state index < -0.39 is 18.6 Å². The summed E-state index contributed by atoms with van der Waals surface area (Å²) >= 11 is 0. The van der Waals surface area contributed by atoms with E-state index in [0.29, 0.717) is 11.1 Å². The Morgan fingerprint density at radius 3 is 1.25 bits per heavy atom. The third kappa shape index (κ3) is 9.77. The molecule has 0 heterocycles. The molecular formula is C22H34O4S4Si2. The molecular weight excluding hydrogens is 513 g/mol. The van der Waals surface area contributed by atoms with Crippen LogP contribution in [0, 0.1) is 0 Å². The first-order valence-electron chi connectivity index (χ1n) is 10.5. The van der Waals surface area contributed by atoms with Crippen LogP contribution in [-0.2, 0) is 17.7 Å². The molecule has 0 saturated heterocycles. The van der Waals surface area contributed by atoms with E-state index in [-0.39, 0.29) is 0 Å². The molecule has 0 saturated carbocycles.